The van der Waals surface area contributed by atoms with Gasteiger partial charge in [0.25, 0.3) is 0 Å². The number of halogens is 1. The zero-order valence-electron chi connectivity index (χ0n) is 12.9. The third-order valence-electron chi connectivity index (χ3n) is 3.27. The summed E-state index contributed by atoms with van der Waals surface area (Å²) in [4.78, 5) is 13.7. The van der Waals surface area contributed by atoms with Gasteiger partial charge in [-0.15, -0.1) is 23.7 Å². The molecule has 1 amide bonds. The van der Waals surface area contributed by atoms with E-state index >= 15 is 0 Å². The van der Waals surface area contributed by atoms with Gasteiger partial charge in [-0.25, -0.2) is 6.08 Å². The average Bonchev–Trinajstić information content (AvgIpc) is 2.47. The minimum Gasteiger partial charge on any atom is -0.491 e. The molecule has 1 aliphatic rings. The Morgan fingerprint density at radius 2 is 2.14 bits per heavy atom. The molecule has 1 radical (unpaired) electrons. The topological polar surface area (TPSA) is 38.8 Å². The van der Waals surface area contributed by atoms with Crippen LogP contribution < -0.4 is 4.74 Å². The Kier molecular flexibility index (Phi) is 8.84. The Balaban J connectivity index is 0.00000242. The van der Waals surface area contributed by atoms with Crippen molar-refractivity contribution < 1.29 is 47.0 Å². The van der Waals surface area contributed by atoms with Gasteiger partial charge in [0.15, 0.2) is 0 Å². The smallest absolute Gasteiger partial charge is 0.223 e. The first kappa shape index (κ1) is 19.8. The molecule has 4 nitrogen and oxygen atoms in total. The SMILES string of the molecule is CCN1C(=O)CC[C-]=C1c1ccc(OCCOC)cc1Br.[Y]. The molecule has 22 heavy (non-hydrogen) atoms. The number of methoxy groups -OCH3 is 1. The van der Waals surface area contributed by atoms with Crippen LogP contribution in [0, 0.1) is 6.08 Å². The van der Waals surface area contributed by atoms with E-state index in [1.54, 1.807) is 12.0 Å². The van der Waals surface area contributed by atoms with E-state index in [4.69, 9.17) is 9.47 Å². The van der Waals surface area contributed by atoms with Crippen LogP contribution in [0.4, 0.5) is 0 Å². The van der Waals surface area contributed by atoms with Crippen LogP contribution in [0.1, 0.15) is 25.3 Å². The summed E-state index contributed by atoms with van der Waals surface area (Å²) in [6.45, 7) is 3.69. The molecular weight excluding hydrogens is 423 g/mol. The largest absolute Gasteiger partial charge is 0.491 e. The Bertz CT molecular complexity index is 548. The monoisotopic (exact) mass is 441 g/mol. The van der Waals surface area contributed by atoms with E-state index in [2.05, 4.69) is 22.0 Å². The molecule has 6 heteroatoms. The second-order valence-corrected chi connectivity index (χ2v) is 5.50. The fraction of sp³-hybridized carbons (Fsp3) is 0.438. The van der Waals surface area contributed by atoms with E-state index in [0.717, 1.165) is 21.5 Å². The van der Waals surface area contributed by atoms with Gasteiger partial charge in [-0.1, -0.05) is 20.4 Å². The standard InChI is InChI=1S/C16H19BrNO3.Y/c1-3-18-15(5-4-6-16(18)19)13-8-7-12(11-14(13)17)21-10-9-20-2;/h7-8,11H,3-4,6,9-10H2,1-2H3;/q-1;. The number of allylic oxidation sites excluding steroid dienone is 1. The van der Waals surface area contributed by atoms with E-state index in [-0.39, 0.29) is 38.6 Å². The molecule has 0 aliphatic carbocycles. The summed E-state index contributed by atoms with van der Waals surface area (Å²) in [6, 6.07) is 5.76. The maximum atomic E-state index is 12.0. The van der Waals surface area contributed by atoms with E-state index in [1.807, 2.05) is 25.1 Å². The minimum atomic E-state index is 0. The number of nitrogens with zero attached hydrogens (tertiary/aromatic N) is 1. The summed E-state index contributed by atoms with van der Waals surface area (Å²) in [6.07, 6.45) is 4.52. The first-order valence-corrected chi connectivity index (χ1v) is 7.79. The third kappa shape index (κ3) is 4.88. The van der Waals surface area contributed by atoms with Gasteiger partial charge >= 0.3 is 0 Å². The summed E-state index contributed by atoms with van der Waals surface area (Å²) in [5.41, 5.74) is 1.81. The minimum absolute atomic E-state index is 0. The number of carbonyl (C=O) groups is 1. The first-order valence-electron chi connectivity index (χ1n) is 7.00. The normalized spacial score (nSPS) is 14.4. The molecule has 1 aliphatic heterocycles. The van der Waals surface area contributed by atoms with Gasteiger partial charge in [-0.3, -0.25) is 4.79 Å². The summed E-state index contributed by atoms with van der Waals surface area (Å²) in [5, 5.41) is 0. The zero-order chi connectivity index (χ0) is 15.2. The molecule has 1 heterocycles. The molecule has 0 bridgehead atoms. The Morgan fingerprint density at radius 1 is 1.36 bits per heavy atom. The predicted octanol–water partition coefficient (Wildman–Crippen LogP) is 3.26. The molecule has 0 spiro atoms. The molecule has 0 saturated carbocycles. The van der Waals surface area contributed by atoms with Crippen molar-refractivity contribution in [3.63, 3.8) is 0 Å². The Labute approximate surface area is 165 Å². The maximum Gasteiger partial charge on any atom is 0.223 e. The Hall–Kier alpha value is -0.226. The Morgan fingerprint density at radius 3 is 2.77 bits per heavy atom. The zero-order valence-corrected chi connectivity index (χ0v) is 17.3. The number of hydrogen-bond acceptors (Lipinski definition) is 3. The first-order chi connectivity index (χ1) is 10.2. The van der Waals surface area contributed by atoms with Gasteiger partial charge in [0.05, 0.1) is 6.61 Å². The van der Waals surface area contributed by atoms with Crippen LogP contribution in [0.2, 0.25) is 0 Å². The summed E-state index contributed by atoms with van der Waals surface area (Å²) in [5.74, 6) is 0.923. The van der Waals surface area contributed by atoms with Crippen LogP contribution in [-0.4, -0.2) is 37.7 Å². The molecule has 0 N–H and O–H groups in total. The van der Waals surface area contributed by atoms with E-state index in [9.17, 15) is 4.79 Å². The van der Waals surface area contributed by atoms with E-state index in [0.29, 0.717) is 32.6 Å². The second kappa shape index (κ2) is 9.81. The molecule has 1 aromatic carbocycles. The van der Waals surface area contributed by atoms with Gasteiger partial charge in [0.2, 0.25) is 5.91 Å². The molecule has 117 valence electrons. The number of carbonyl (C=O) groups excluding carboxylic acids is 1. The second-order valence-electron chi connectivity index (χ2n) is 4.65. The van der Waals surface area contributed by atoms with Crippen LogP contribution in [0.25, 0.3) is 5.70 Å². The number of benzene rings is 1. The van der Waals surface area contributed by atoms with Crippen LogP contribution in [0.5, 0.6) is 5.75 Å². The van der Waals surface area contributed by atoms with Gasteiger partial charge in [-0.2, -0.15) is 0 Å². The molecule has 0 saturated heterocycles. The van der Waals surface area contributed by atoms with Crippen molar-refractivity contribution in [2.45, 2.75) is 19.8 Å². The number of rotatable bonds is 6. The van der Waals surface area contributed by atoms with Crippen molar-refractivity contribution in [2.24, 2.45) is 0 Å². The molecule has 0 fully saturated rings. The van der Waals surface area contributed by atoms with Gasteiger partial charge < -0.3 is 14.4 Å². The molecule has 0 unspecified atom stereocenters. The average molecular weight is 442 g/mol. The van der Waals surface area contributed by atoms with Crippen molar-refractivity contribution in [3.05, 3.63) is 34.3 Å². The number of ether oxygens (including phenoxy) is 2. The number of amides is 1. The van der Waals surface area contributed by atoms with Crippen LogP contribution in [0.3, 0.4) is 0 Å². The van der Waals surface area contributed by atoms with Crippen LogP contribution >= 0.6 is 15.9 Å². The molecule has 0 atom stereocenters. The summed E-state index contributed by atoms with van der Waals surface area (Å²) >= 11 is 3.56. The van der Waals surface area contributed by atoms with Crippen LogP contribution in [-0.2, 0) is 42.2 Å². The van der Waals surface area contributed by atoms with Crippen molar-refractivity contribution in [1.82, 2.24) is 4.90 Å². The summed E-state index contributed by atoms with van der Waals surface area (Å²) < 4.78 is 11.4. The van der Waals surface area contributed by atoms with Crippen molar-refractivity contribution in [1.29, 1.82) is 0 Å². The van der Waals surface area contributed by atoms with Gasteiger partial charge in [-0.05, 0) is 19.1 Å². The maximum absolute atomic E-state index is 12.0. The molecule has 1 aromatic rings. The quantitative estimate of drug-likeness (QED) is 0.502. The molecular formula is C16H19BrNO3Y-. The van der Waals surface area contributed by atoms with Crippen molar-refractivity contribution in [3.8, 4) is 5.75 Å². The molecule has 2 rings (SSSR count). The van der Waals surface area contributed by atoms with E-state index < -0.39 is 0 Å². The molecule has 0 aromatic heterocycles. The van der Waals surface area contributed by atoms with Crippen molar-refractivity contribution >= 4 is 27.5 Å². The predicted molar refractivity (Wildman–Crippen MR) is 84.8 cm³/mol. The van der Waals surface area contributed by atoms with Crippen molar-refractivity contribution in [2.75, 3.05) is 26.9 Å². The fourth-order valence-electron chi connectivity index (χ4n) is 2.24. The van der Waals surface area contributed by atoms with Crippen LogP contribution in [0.15, 0.2) is 22.7 Å². The summed E-state index contributed by atoms with van der Waals surface area (Å²) in [7, 11) is 1.64. The van der Waals surface area contributed by atoms with Gasteiger partial charge in [0, 0.05) is 52.8 Å². The fourth-order valence-corrected chi connectivity index (χ4v) is 2.78. The van der Waals surface area contributed by atoms with Gasteiger partial charge in [0.1, 0.15) is 12.4 Å². The third-order valence-corrected chi connectivity index (χ3v) is 3.93. The van der Waals surface area contributed by atoms with E-state index in [1.165, 1.54) is 0 Å². The number of hydrogen-bond donors (Lipinski definition) is 0.